The minimum atomic E-state index is -0.602. The molecule has 1 fully saturated rings. The van der Waals surface area contributed by atoms with Crippen LogP contribution in [-0.2, 0) is 4.79 Å². The Hall–Kier alpha value is -1.62. The standard InChI is InChI=1S/C17H22ClFN2O2/c1-11(2)10-15(22)20-12-6-8-21(9-7-12)17(23)16-13(18)4-3-5-14(16)19/h3-5,11-12H,6-10H2,1-2H3,(H,20,22). The fourth-order valence-corrected chi connectivity index (χ4v) is 2.99. The van der Waals surface area contributed by atoms with Gasteiger partial charge in [-0.25, -0.2) is 4.39 Å². The average molecular weight is 341 g/mol. The first kappa shape index (κ1) is 17.7. The molecule has 23 heavy (non-hydrogen) atoms. The third-order valence-electron chi connectivity index (χ3n) is 3.92. The number of nitrogens with one attached hydrogen (secondary N) is 1. The fraction of sp³-hybridized carbons (Fsp3) is 0.529. The van der Waals surface area contributed by atoms with Gasteiger partial charge in [0.25, 0.3) is 5.91 Å². The second-order valence-electron chi connectivity index (χ2n) is 6.33. The van der Waals surface area contributed by atoms with Gasteiger partial charge >= 0.3 is 0 Å². The van der Waals surface area contributed by atoms with Crippen molar-refractivity contribution in [2.45, 2.75) is 39.2 Å². The molecule has 1 saturated heterocycles. The van der Waals surface area contributed by atoms with E-state index in [1.807, 2.05) is 13.8 Å². The summed E-state index contributed by atoms with van der Waals surface area (Å²) in [7, 11) is 0. The SMILES string of the molecule is CC(C)CC(=O)NC1CCN(C(=O)c2c(F)cccc2Cl)CC1. The van der Waals surface area contributed by atoms with E-state index in [9.17, 15) is 14.0 Å². The Labute approximate surface area is 141 Å². The predicted molar refractivity (Wildman–Crippen MR) is 87.9 cm³/mol. The van der Waals surface area contributed by atoms with E-state index in [4.69, 9.17) is 11.6 Å². The van der Waals surface area contributed by atoms with E-state index in [2.05, 4.69) is 5.32 Å². The van der Waals surface area contributed by atoms with Crippen molar-refractivity contribution in [1.29, 1.82) is 0 Å². The molecule has 2 rings (SSSR count). The number of piperidine rings is 1. The Morgan fingerprint density at radius 2 is 2.00 bits per heavy atom. The highest BCUT2D eigenvalue weighted by molar-refractivity contribution is 6.33. The van der Waals surface area contributed by atoms with Crippen molar-refractivity contribution in [3.8, 4) is 0 Å². The molecule has 1 heterocycles. The molecule has 1 aromatic rings. The summed E-state index contributed by atoms with van der Waals surface area (Å²) in [5, 5.41) is 3.12. The van der Waals surface area contributed by atoms with E-state index in [1.165, 1.54) is 18.2 Å². The van der Waals surface area contributed by atoms with Gasteiger partial charge in [-0.3, -0.25) is 9.59 Å². The van der Waals surface area contributed by atoms with E-state index in [-0.39, 0.29) is 28.4 Å². The molecule has 6 heteroatoms. The van der Waals surface area contributed by atoms with Gasteiger partial charge in [0.1, 0.15) is 5.82 Å². The molecule has 0 aromatic heterocycles. The van der Waals surface area contributed by atoms with E-state index in [0.717, 1.165) is 0 Å². The number of nitrogens with zero attached hydrogens (tertiary/aromatic N) is 1. The third-order valence-corrected chi connectivity index (χ3v) is 4.23. The molecule has 1 aliphatic rings. The highest BCUT2D eigenvalue weighted by atomic mass is 35.5. The Kier molecular flexibility index (Phi) is 5.99. The molecule has 1 aromatic carbocycles. The van der Waals surface area contributed by atoms with Crippen molar-refractivity contribution in [2.24, 2.45) is 5.92 Å². The number of carbonyl (C=O) groups is 2. The molecule has 1 aliphatic heterocycles. The van der Waals surface area contributed by atoms with Gasteiger partial charge in [-0.1, -0.05) is 31.5 Å². The van der Waals surface area contributed by atoms with Gasteiger partial charge in [-0.15, -0.1) is 0 Å². The zero-order chi connectivity index (χ0) is 17.0. The van der Waals surface area contributed by atoms with Crippen LogP contribution in [-0.4, -0.2) is 35.8 Å². The summed E-state index contributed by atoms with van der Waals surface area (Å²) >= 11 is 5.95. The van der Waals surface area contributed by atoms with Gasteiger partial charge in [0, 0.05) is 25.6 Å². The molecule has 0 spiro atoms. The number of hydrogen-bond donors (Lipinski definition) is 1. The van der Waals surface area contributed by atoms with Crippen molar-refractivity contribution in [3.05, 3.63) is 34.6 Å². The Morgan fingerprint density at radius 3 is 2.57 bits per heavy atom. The Morgan fingerprint density at radius 1 is 1.35 bits per heavy atom. The summed E-state index contributed by atoms with van der Waals surface area (Å²) in [5.74, 6) is -0.628. The lowest BCUT2D eigenvalue weighted by Gasteiger charge is -2.32. The number of benzene rings is 1. The van der Waals surface area contributed by atoms with E-state index in [0.29, 0.717) is 38.3 Å². The van der Waals surface area contributed by atoms with Crippen molar-refractivity contribution >= 4 is 23.4 Å². The van der Waals surface area contributed by atoms with Crippen molar-refractivity contribution < 1.29 is 14.0 Å². The molecule has 0 radical (unpaired) electrons. The molecule has 2 amide bonds. The maximum Gasteiger partial charge on any atom is 0.258 e. The van der Waals surface area contributed by atoms with Gasteiger partial charge in [0.15, 0.2) is 0 Å². The summed E-state index contributed by atoms with van der Waals surface area (Å²) < 4.78 is 13.8. The van der Waals surface area contributed by atoms with Crippen LogP contribution >= 0.6 is 11.6 Å². The largest absolute Gasteiger partial charge is 0.353 e. The number of halogens is 2. The number of amides is 2. The number of rotatable bonds is 4. The van der Waals surface area contributed by atoms with Gasteiger partial charge in [0.2, 0.25) is 5.91 Å². The summed E-state index contributed by atoms with van der Waals surface area (Å²) in [5.41, 5.74) is -0.0727. The quantitative estimate of drug-likeness (QED) is 0.914. The van der Waals surface area contributed by atoms with E-state index >= 15 is 0 Å². The topological polar surface area (TPSA) is 49.4 Å². The molecule has 1 N–H and O–H groups in total. The van der Waals surface area contributed by atoms with Gasteiger partial charge in [-0.2, -0.15) is 0 Å². The predicted octanol–water partition coefficient (Wildman–Crippen LogP) is 3.25. The summed E-state index contributed by atoms with van der Waals surface area (Å²) in [6.07, 6.45) is 1.84. The molecular weight excluding hydrogens is 319 g/mol. The monoisotopic (exact) mass is 340 g/mol. The second kappa shape index (κ2) is 7.77. The first-order chi connectivity index (χ1) is 10.9. The van der Waals surface area contributed by atoms with Crippen molar-refractivity contribution in [1.82, 2.24) is 10.2 Å². The second-order valence-corrected chi connectivity index (χ2v) is 6.74. The van der Waals surface area contributed by atoms with E-state index in [1.54, 1.807) is 4.90 Å². The van der Waals surface area contributed by atoms with Crippen LogP contribution in [0.25, 0.3) is 0 Å². The molecule has 0 atom stereocenters. The van der Waals surface area contributed by atoms with Crippen LogP contribution in [0.5, 0.6) is 0 Å². The summed E-state index contributed by atoms with van der Waals surface area (Å²) in [6, 6.07) is 4.29. The molecule has 126 valence electrons. The molecule has 0 saturated carbocycles. The summed E-state index contributed by atoms with van der Waals surface area (Å²) in [4.78, 5) is 25.8. The van der Waals surface area contributed by atoms with Crippen molar-refractivity contribution in [2.75, 3.05) is 13.1 Å². The summed E-state index contributed by atoms with van der Waals surface area (Å²) in [6.45, 7) is 4.96. The van der Waals surface area contributed by atoms with E-state index < -0.39 is 5.82 Å². The number of carbonyl (C=O) groups excluding carboxylic acids is 2. The molecular formula is C17H22ClFN2O2. The lowest BCUT2D eigenvalue weighted by Crippen LogP contribution is -2.46. The highest BCUT2D eigenvalue weighted by Gasteiger charge is 2.27. The lowest BCUT2D eigenvalue weighted by molar-refractivity contribution is -0.122. The maximum absolute atomic E-state index is 13.8. The first-order valence-corrected chi connectivity index (χ1v) is 8.29. The normalized spacial score (nSPS) is 15.8. The van der Waals surface area contributed by atoms with Crippen LogP contribution < -0.4 is 5.32 Å². The molecule has 0 aliphatic carbocycles. The van der Waals surface area contributed by atoms with Crippen LogP contribution in [0, 0.1) is 11.7 Å². The third kappa shape index (κ3) is 4.67. The van der Waals surface area contributed by atoms with Crippen LogP contribution in [0.2, 0.25) is 5.02 Å². The zero-order valence-electron chi connectivity index (χ0n) is 13.4. The van der Waals surface area contributed by atoms with Crippen molar-refractivity contribution in [3.63, 3.8) is 0 Å². The number of hydrogen-bond acceptors (Lipinski definition) is 2. The van der Waals surface area contributed by atoms with Crippen LogP contribution in [0.1, 0.15) is 43.5 Å². The smallest absolute Gasteiger partial charge is 0.258 e. The van der Waals surface area contributed by atoms with Crippen LogP contribution in [0.3, 0.4) is 0 Å². The molecule has 0 unspecified atom stereocenters. The fourth-order valence-electron chi connectivity index (χ4n) is 2.74. The minimum Gasteiger partial charge on any atom is -0.353 e. The van der Waals surface area contributed by atoms with Gasteiger partial charge in [-0.05, 0) is 30.9 Å². The van der Waals surface area contributed by atoms with Crippen LogP contribution in [0.15, 0.2) is 18.2 Å². The molecule has 4 nitrogen and oxygen atoms in total. The molecule has 0 bridgehead atoms. The Balaban J connectivity index is 1.92. The minimum absolute atomic E-state index is 0.0434. The van der Waals surface area contributed by atoms with Crippen LogP contribution in [0.4, 0.5) is 4.39 Å². The zero-order valence-corrected chi connectivity index (χ0v) is 14.2. The first-order valence-electron chi connectivity index (χ1n) is 7.91. The number of likely N-dealkylation sites (tertiary alicyclic amines) is 1. The lowest BCUT2D eigenvalue weighted by atomic mass is 10.0. The Bertz CT molecular complexity index is 564. The van der Waals surface area contributed by atoms with Gasteiger partial charge in [0.05, 0.1) is 10.6 Å². The maximum atomic E-state index is 13.8. The highest BCUT2D eigenvalue weighted by Crippen LogP contribution is 2.22. The van der Waals surface area contributed by atoms with Gasteiger partial charge < -0.3 is 10.2 Å². The average Bonchev–Trinajstić information content (AvgIpc) is 2.46.